The van der Waals surface area contributed by atoms with Crippen LogP contribution in [0.15, 0.2) is 30.3 Å². The molecule has 0 spiro atoms. The fourth-order valence-corrected chi connectivity index (χ4v) is 1.61. The lowest BCUT2D eigenvalue weighted by atomic mass is 10.1. The standard InChI is InChI=1S/C13H17NO4/c1-3-10(13(16)17)14-12(15)11(18-2)9-7-5-4-6-8-9/h4-8,10-11H,3H2,1-2H3,(H,14,15)(H,16,17)/t10?,11-/m1/s1. The number of nitrogens with one attached hydrogen (secondary N) is 1. The molecule has 1 aromatic carbocycles. The van der Waals surface area contributed by atoms with Crippen molar-refractivity contribution in [2.24, 2.45) is 0 Å². The number of amides is 1. The number of carbonyl (C=O) groups is 2. The zero-order valence-electron chi connectivity index (χ0n) is 10.4. The third-order valence-electron chi connectivity index (χ3n) is 2.60. The molecule has 1 amide bonds. The highest BCUT2D eigenvalue weighted by molar-refractivity contribution is 5.87. The van der Waals surface area contributed by atoms with Gasteiger partial charge in [0.1, 0.15) is 6.04 Å². The summed E-state index contributed by atoms with van der Waals surface area (Å²) in [6.45, 7) is 1.70. The van der Waals surface area contributed by atoms with E-state index in [9.17, 15) is 9.59 Å². The van der Waals surface area contributed by atoms with Gasteiger partial charge in [0, 0.05) is 7.11 Å². The van der Waals surface area contributed by atoms with Gasteiger partial charge in [-0.3, -0.25) is 4.79 Å². The molecule has 2 N–H and O–H groups in total. The Morgan fingerprint density at radius 3 is 2.39 bits per heavy atom. The van der Waals surface area contributed by atoms with E-state index in [0.29, 0.717) is 12.0 Å². The van der Waals surface area contributed by atoms with Crippen molar-refractivity contribution in [3.05, 3.63) is 35.9 Å². The van der Waals surface area contributed by atoms with Crippen molar-refractivity contribution >= 4 is 11.9 Å². The number of rotatable bonds is 6. The van der Waals surface area contributed by atoms with E-state index < -0.39 is 24.0 Å². The predicted octanol–water partition coefficient (Wildman–Crippen LogP) is 1.35. The molecule has 5 heteroatoms. The van der Waals surface area contributed by atoms with Crippen LogP contribution in [0.2, 0.25) is 0 Å². The second kappa shape index (κ2) is 6.76. The SMILES string of the molecule is CCC(NC(=O)[C@H](OC)c1ccccc1)C(=O)O. The predicted molar refractivity (Wildman–Crippen MR) is 66.0 cm³/mol. The van der Waals surface area contributed by atoms with Gasteiger partial charge in [0.15, 0.2) is 6.10 Å². The number of methoxy groups -OCH3 is 1. The van der Waals surface area contributed by atoms with Crippen molar-refractivity contribution in [2.45, 2.75) is 25.5 Å². The number of aliphatic carboxylic acids is 1. The van der Waals surface area contributed by atoms with E-state index in [1.165, 1.54) is 7.11 Å². The fraction of sp³-hybridized carbons (Fsp3) is 0.385. The van der Waals surface area contributed by atoms with Crippen LogP contribution in [0.4, 0.5) is 0 Å². The number of hydrogen-bond acceptors (Lipinski definition) is 3. The molecule has 0 aliphatic rings. The zero-order valence-corrected chi connectivity index (χ0v) is 10.4. The van der Waals surface area contributed by atoms with Crippen LogP contribution in [0, 0.1) is 0 Å². The molecule has 0 radical (unpaired) electrons. The van der Waals surface area contributed by atoms with E-state index in [1.54, 1.807) is 31.2 Å². The third kappa shape index (κ3) is 3.56. The highest BCUT2D eigenvalue weighted by Crippen LogP contribution is 2.16. The van der Waals surface area contributed by atoms with Crippen molar-refractivity contribution in [1.82, 2.24) is 5.32 Å². The van der Waals surface area contributed by atoms with Crippen LogP contribution < -0.4 is 5.32 Å². The highest BCUT2D eigenvalue weighted by Gasteiger charge is 2.24. The number of carboxylic acids is 1. The Morgan fingerprint density at radius 1 is 1.33 bits per heavy atom. The average molecular weight is 251 g/mol. The van der Waals surface area contributed by atoms with Crippen molar-refractivity contribution in [2.75, 3.05) is 7.11 Å². The molecule has 0 aliphatic heterocycles. The third-order valence-corrected chi connectivity index (χ3v) is 2.60. The van der Waals surface area contributed by atoms with Crippen LogP contribution in [-0.4, -0.2) is 30.1 Å². The maximum Gasteiger partial charge on any atom is 0.326 e. The summed E-state index contributed by atoms with van der Waals surface area (Å²) in [5.41, 5.74) is 0.692. The molecule has 98 valence electrons. The Kier molecular flexibility index (Phi) is 5.32. The fourth-order valence-electron chi connectivity index (χ4n) is 1.61. The summed E-state index contributed by atoms with van der Waals surface area (Å²) in [4.78, 5) is 22.8. The van der Waals surface area contributed by atoms with Crippen LogP contribution >= 0.6 is 0 Å². The molecule has 0 saturated heterocycles. The van der Waals surface area contributed by atoms with Crippen molar-refractivity contribution in [3.63, 3.8) is 0 Å². The minimum absolute atomic E-state index is 0.326. The van der Waals surface area contributed by atoms with Crippen LogP contribution in [-0.2, 0) is 14.3 Å². The van der Waals surface area contributed by atoms with Crippen LogP contribution in [0.3, 0.4) is 0 Å². The topological polar surface area (TPSA) is 75.6 Å². The Bertz CT molecular complexity index is 405. The molecule has 1 aromatic rings. The molecule has 0 heterocycles. The molecule has 18 heavy (non-hydrogen) atoms. The second-order valence-corrected chi connectivity index (χ2v) is 3.83. The van der Waals surface area contributed by atoms with E-state index in [0.717, 1.165) is 0 Å². The van der Waals surface area contributed by atoms with E-state index in [4.69, 9.17) is 9.84 Å². The van der Waals surface area contributed by atoms with Gasteiger partial charge in [-0.05, 0) is 12.0 Å². The lowest BCUT2D eigenvalue weighted by Gasteiger charge is -2.18. The number of ether oxygens (including phenoxy) is 1. The second-order valence-electron chi connectivity index (χ2n) is 3.83. The van der Waals surface area contributed by atoms with E-state index in [1.807, 2.05) is 6.07 Å². The molecule has 0 saturated carbocycles. The van der Waals surface area contributed by atoms with Crippen molar-refractivity contribution in [1.29, 1.82) is 0 Å². The first kappa shape index (κ1) is 14.2. The molecule has 0 aliphatic carbocycles. The quantitative estimate of drug-likeness (QED) is 0.800. The summed E-state index contributed by atoms with van der Waals surface area (Å²) >= 11 is 0. The number of carboxylic acid groups (broad SMARTS) is 1. The summed E-state index contributed by atoms with van der Waals surface area (Å²) in [6.07, 6.45) is -0.466. The molecule has 1 unspecified atom stereocenters. The first-order valence-electron chi connectivity index (χ1n) is 5.71. The molecule has 5 nitrogen and oxygen atoms in total. The minimum atomic E-state index is -1.05. The number of hydrogen-bond donors (Lipinski definition) is 2. The van der Waals surface area contributed by atoms with Crippen molar-refractivity contribution < 1.29 is 19.4 Å². The van der Waals surface area contributed by atoms with Gasteiger partial charge in [-0.25, -0.2) is 4.79 Å². The van der Waals surface area contributed by atoms with Gasteiger partial charge in [-0.15, -0.1) is 0 Å². The van der Waals surface area contributed by atoms with E-state index in [-0.39, 0.29) is 0 Å². The van der Waals surface area contributed by atoms with Gasteiger partial charge < -0.3 is 15.2 Å². The Labute approximate surface area is 106 Å². The first-order chi connectivity index (χ1) is 8.60. The molecular weight excluding hydrogens is 234 g/mol. The monoisotopic (exact) mass is 251 g/mol. The van der Waals surface area contributed by atoms with Gasteiger partial charge in [-0.2, -0.15) is 0 Å². The number of carbonyl (C=O) groups excluding carboxylic acids is 1. The number of benzene rings is 1. The van der Waals surface area contributed by atoms with Crippen LogP contribution in [0.1, 0.15) is 25.0 Å². The van der Waals surface area contributed by atoms with Gasteiger partial charge >= 0.3 is 5.97 Å². The summed E-state index contributed by atoms with van der Waals surface area (Å²) < 4.78 is 5.12. The summed E-state index contributed by atoms with van der Waals surface area (Å²) in [6, 6.07) is 8.05. The summed E-state index contributed by atoms with van der Waals surface area (Å²) in [7, 11) is 1.42. The van der Waals surface area contributed by atoms with Crippen LogP contribution in [0.25, 0.3) is 0 Å². The zero-order chi connectivity index (χ0) is 13.5. The molecule has 1 rings (SSSR count). The molecule has 0 aromatic heterocycles. The molecule has 2 atom stereocenters. The molecular formula is C13H17NO4. The first-order valence-corrected chi connectivity index (χ1v) is 5.71. The Balaban J connectivity index is 2.78. The Morgan fingerprint density at radius 2 is 1.94 bits per heavy atom. The lowest BCUT2D eigenvalue weighted by molar-refractivity contribution is -0.144. The van der Waals surface area contributed by atoms with E-state index >= 15 is 0 Å². The minimum Gasteiger partial charge on any atom is -0.480 e. The highest BCUT2D eigenvalue weighted by atomic mass is 16.5. The maximum absolute atomic E-state index is 11.9. The lowest BCUT2D eigenvalue weighted by Crippen LogP contribution is -2.43. The summed E-state index contributed by atoms with van der Waals surface area (Å²) in [5.74, 6) is -1.49. The largest absolute Gasteiger partial charge is 0.480 e. The van der Waals surface area contributed by atoms with Gasteiger partial charge in [0.05, 0.1) is 0 Å². The molecule has 0 fully saturated rings. The summed E-state index contributed by atoms with van der Waals surface area (Å²) in [5, 5.41) is 11.3. The Hall–Kier alpha value is -1.88. The van der Waals surface area contributed by atoms with Crippen molar-refractivity contribution in [3.8, 4) is 0 Å². The molecule has 0 bridgehead atoms. The van der Waals surface area contributed by atoms with Gasteiger partial charge in [0.2, 0.25) is 0 Å². The van der Waals surface area contributed by atoms with Gasteiger partial charge in [0.25, 0.3) is 5.91 Å². The van der Waals surface area contributed by atoms with Crippen LogP contribution in [0.5, 0.6) is 0 Å². The van der Waals surface area contributed by atoms with E-state index in [2.05, 4.69) is 5.32 Å². The smallest absolute Gasteiger partial charge is 0.326 e. The van der Waals surface area contributed by atoms with Gasteiger partial charge in [-0.1, -0.05) is 37.3 Å². The normalized spacial score (nSPS) is 13.7. The maximum atomic E-state index is 11.9. The average Bonchev–Trinajstić information content (AvgIpc) is 2.37.